The Balaban J connectivity index is 2.57. The van der Waals surface area contributed by atoms with Crippen LogP contribution in [-0.4, -0.2) is 21.0 Å². The molecule has 0 spiro atoms. The smallest absolute Gasteiger partial charge is 0.135 e. The molecule has 1 atom stereocenters. The Morgan fingerprint density at radius 3 is 2.93 bits per heavy atom. The average Bonchev–Trinajstić information content (AvgIpc) is 2.59. The highest BCUT2D eigenvalue weighted by Gasteiger charge is 2.07. The standard InChI is InChI=1S/C10H10N2O3/c1-5(13)9-11-7-3-2-6(10(14)15)4-8(7)12-9/h2-5,13H,1H3,(H,11,12)(H,14,15)/p-1/t5-/m0/s1. The Kier molecular flexibility index (Phi) is 2.17. The van der Waals surface area contributed by atoms with Gasteiger partial charge in [0.2, 0.25) is 0 Å². The number of carboxylic acid groups (broad SMARTS) is 1. The van der Waals surface area contributed by atoms with Crippen molar-refractivity contribution in [2.75, 3.05) is 0 Å². The van der Waals surface area contributed by atoms with Gasteiger partial charge in [0.1, 0.15) is 11.9 Å². The lowest BCUT2D eigenvalue weighted by atomic mass is 10.2. The van der Waals surface area contributed by atoms with Crippen LogP contribution in [0, 0.1) is 0 Å². The van der Waals surface area contributed by atoms with Gasteiger partial charge in [-0.3, -0.25) is 0 Å². The van der Waals surface area contributed by atoms with Crippen LogP contribution >= 0.6 is 0 Å². The highest BCUT2D eigenvalue weighted by atomic mass is 16.4. The van der Waals surface area contributed by atoms with Crippen LogP contribution in [-0.2, 0) is 0 Å². The second-order valence-electron chi connectivity index (χ2n) is 3.32. The zero-order chi connectivity index (χ0) is 11.0. The number of carbonyl (C=O) groups excluding carboxylic acids is 1. The third-order valence-corrected chi connectivity index (χ3v) is 2.13. The first kappa shape index (κ1) is 9.67. The molecule has 0 saturated carbocycles. The van der Waals surface area contributed by atoms with E-state index in [1.54, 1.807) is 13.0 Å². The van der Waals surface area contributed by atoms with E-state index in [0.29, 0.717) is 16.9 Å². The second kappa shape index (κ2) is 3.36. The predicted molar refractivity (Wildman–Crippen MR) is 51.1 cm³/mol. The number of imidazole rings is 1. The van der Waals surface area contributed by atoms with Gasteiger partial charge in [-0.25, -0.2) is 4.98 Å². The fourth-order valence-electron chi connectivity index (χ4n) is 1.35. The van der Waals surface area contributed by atoms with Gasteiger partial charge in [0.05, 0.1) is 17.0 Å². The van der Waals surface area contributed by atoms with Crippen LogP contribution in [0.25, 0.3) is 11.0 Å². The van der Waals surface area contributed by atoms with Gasteiger partial charge in [0.25, 0.3) is 0 Å². The Morgan fingerprint density at radius 1 is 1.60 bits per heavy atom. The Hall–Kier alpha value is -1.88. The SMILES string of the molecule is C[C@H](O)c1nc2ccc(C(=O)[O-])cc2[nH]1. The number of aliphatic hydroxyl groups excluding tert-OH is 1. The van der Waals surface area contributed by atoms with Crippen molar-refractivity contribution in [1.29, 1.82) is 0 Å². The molecule has 2 rings (SSSR count). The summed E-state index contributed by atoms with van der Waals surface area (Å²) >= 11 is 0. The number of hydrogen-bond acceptors (Lipinski definition) is 4. The topological polar surface area (TPSA) is 89.0 Å². The minimum atomic E-state index is -1.23. The quantitative estimate of drug-likeness (QED) is 0.721. The van der Waals surface area contributed by atoms with Crippen molar-refractivity contribution in [1.82, 2.24) is 9.97 Å². The molecule has 0 aliphatic rings. The number of hydrogen-bond donors (Lipinski definition) is 2. The molecular formula is C10H9N2O3-. The molecule has 0 unspecified atom stereocenters. The van der Waals surface area contributed by atoms with Crippen LogP contribution in [0.1, 0.15) is 29.2 Å². The lowest BCUT2D eigenvalue weighted by Crippen LogP contribution is -2.21. The minimum absolute atomic E-state index is 0.0864. The first-order valence-electron chi connectivity index (χ1n) is 4.47. The van der Waals surface area contributed by atoms with Gasteiger partial charge in [-0.05, 0) is 24.6 Å². The van der Waals surface area contributed by atoms with Gasteiger partial charge in [-0.15, -0.1) is 0 Å². The van der Waals surface area contributed by atoms with Crippen LogP contribution in [0.5, 0.6) is 0 Å². The molecule has 0 bridgehead atoms. The Morgan fingerprint density at radius 2 is 2.33 bits per heavy atom. The maximum Gasteiger partial charge on any atom is 0.135 e. The molecule has 1 aromatic heterocycles. The molecule has 0 fully saturated rings. The molecule has 5 heteroatoms. The van der Waals surface area contributed by atoms with Crippen LogP contribution in [0.4, 0.5) is 0 Å². The third kappa shape index (κ3) is 1.69. The third-order valence-electron chi connectivity index (χ3n) is 2.13. The summed E-state index contributed by atoms with van der Waals surface area (Å²) in [6.45, 7) is 1.58. The summed E-state index contributed by atoms with van der Waals surface area (Å²) in [6, 6.07) is 4.43. The van der Waals surface area contributed by atoms with Gasteiger partial charge in [0, 0.05) is 0 Å². The van der Waals surface area contributed by atoms with Crippen LogP contribution in [0.2, 0.25) is 0 Å². The van der Waals surface area contributed by atoms with E-state index in [1.807, 2.05) is 0 Å². The number of benzene rings is 1. The van der Waals surface area contributed by atoms with E-state index in [-0.39, 0.29) is 5.56 Å². The lowest BCUT2D eigenvalue weighted by molar-refractivity contribution is -0.255. The number of nitrogens with zero attached hydrogens (tertiary/aromatic N) is 1. The molecule has 0 saturated heterocycles. The monoisotopic (exact) mass is 205 g/mol. The number of aromatic carboxylic acids is 1. The fraction of sp³-hybridized carbons (Fsp3) is 0.200. The first-order valence-corrected chi connectivity index (χ1v) is 4.47. The van der Waals surface area contributed by atoms with Crippen molar-refractivity contribution in [2.24, 2.45) is 0 Å². The van der Waals surface area contributed by atoms with Crippen LogP contribution in [0.3, 0.4) is 0 Å². The largest absolute Gasteiger partial charge is 0.545 e. The van der Waals surface area contributed by atoms with Crippen LogP contribution in [0.15, 0.2) is 18.2 Å². The van der Waals surface area contributed by atoms with Gasteiger partial charge in [0.15, 0.2) is 0 Å². The normalized spacial score (nSPS) is 12.9. The summed E-state index contributed by atoms with van der Waals surface area (Å²) in [5.74, 6) is -0.814. The maximum absolute atomic E-state index is 10.6. The lowest BCUT2D eigenvalue weighted by Gasteiger charge is -2.00. The van der Waals surface area contributed by atoms with Crippen LogP contribution < -0.4 is 5.11 Å². The van der Waals surface area contributed by atoms with Crippen molar-refractivity contribution in [3.8, 4) is 0 Å². The molecule has 1 aromatic carbocycles. The fourth-order valence-corrected chi connectivity index (χ4v) is 1.35. The minimum Gasteiger partial charge on any atom is -0.545 e. The maximum atomic E-state index is 10.6. The Labute approximate surface area is 85.4 Å². The van der Waals surface area contributed by atoms with E-state index >= 15 is 0 Å². The summed E-state index contributed by atoms with van der Waals surface area (Å²) in [7, 11) is 0. The predicted octanol–water partition coefficient (Wildman–Crippen LogP) is -0.0203. The van der Waals surface area contributed by atoms with Gasteiger partial charge in [-0.1, -0.05) is 6.07 Å². The van der Waals surface area contributed by atoms with E-state index in [1.165, 1.54) is 12.1 Å². The molecule has 15 heavy (non-hydrogen) atoms. The summed E-state index contributed by atoms with van der Waals surface area (Å²) < 4.78 is 0. The van der Waals surface area contributed by atoms with E-state index in [0.717, 1.165) is 0 Å². The number of rotatable bonds is 2. The number of carbonyl (C=O) groups is 1. The number of aromatic nitrogens is 2. The highest BCUT2D eigenvalue weighted by molar-refractivity contribution is 5.91. The van der Waals surface area contributed by atoms with E-state index < -0.39 is 12.1 Å². The number of aliphatic hydroxyl groups is 1. The molecule has 0 aliphatic carbocycles. The molecule has 0 amide bonds. The van der Waals surface area contributed by atoms with Gasteiger partial charge < -0.3 is 20.0 Å². The molecule has 0 aliphatic heterocycles. The number of aromatic amines is 1. The Bertz CT molecular complexity index is 516. The molecule has 5 nitrogen and oxygen atoms in total. The summed E-state index contributed by atoms with van der Waals surface area (Å²) in [5, 5.41) is 19.9. The molecule has 2 aromatic rings. The number of carboxylic acids is 1. The van der Waals surface area contributed by atoms with E-state index in [9.17, 15) is 15.0 Å². The number of nitrogens with one attached hydrogen (secondary N) is 1. The average molecular weight is 205 g/mol. The zero-order valence-electron chi connectivity index (χ0n) is 8.02. The molecule has 2 N–H and O–H groups in total. The summed E-state index contributed by atoms with van der Waals surface area (Å²) in [6.07, 6.45) is -0.705. The van der Waals surface area contributed by atoms with Gasteiger partial charge in [-0.2, -0.15) is 0 Å². The summed E-state index contributed by atoms with van der Waals surface area (Å²) in [5.41, 5.74) is 1.28. The van der Waals surface area contributed by atoms with Gasteiger partial charge >= 0.3 is 0 Å². The molecule has 0 radical (unpaired) electrons. The number of fused-ring (bicyclic) bond motifs is 1. The summed E-state index contributed by atoms with van der Waals surface area (Å²) in [4.78, 5) is 17.5. The van der Waals surface area contributed by atoms with Crippen molar-refractivity contribution < 1.29 is 15.0 Å². The highest BCUT2D eigenvalue weighted by Crippen LogP contribution is 2.16. The van der Waals surface area contributed by atoms with Crippen molar-refractivity contribution >= 4 is 17.0 Å². The second-order valence-corrected chi connectivity index (χ2v) is 3.32. The van der Waals surface area contributed by atoms with E-state index in [4.69, 9.17) is 0 Å². The zero-order valence-corrected chi connectivity index (χ0v) is 8.02. The van der Waals surface area contributed by atoms with Crippen molar-refractivity contribution in [3.63, 3.8) is 0 Å². The molecular weight excluding hydrogens is 196 g/mol. The first-order chi connectivity index (χ1) is 7.08. The molecule has 1 heterocycles. The van der Waals surface area contributed by atoms with E-state index in [2.05, 4.69) is 9.97 Å². The van der Waals surface area contributed by atoms with Crippen molar-refractivity contribution in [3.05, 3.63) is 29.6 Å². The molecule has 78 valence electrons. The number of H-pyrrole nitrogens is 1. The van der Waals surface area contributed by atoms with Crippen molar-refractivity contribution in [2.45, 2.75) is 13.0 Å².